The lowest BCUT2D eigenvalue weighted by Crippen LogP contribution is -2.58. The van der Waals surface area contributed by atoms with Crippen LogP contribution in [0.3, 0.4) is 0 Å². The fourth-order valence-corrected chi connectivity index (χ4v) is 1.53. The Labute approximate surface area is 95.8 Å². The van der Waals surface area contributed by atoms with Crippen LogP contribution < -0.4 is 5.32 Å². The van der Waals surface area contributed by atoms with Crippen molar-refractivity contribution in [1.29, 1.82) is 0 Å². The zero-order valence-electron chi connectivity index (χ0n) is 10.1. The third-order valence-corrected chi connectivity index (χ3v) is 2.80. The van der Waals surface area contributed by atoms with Gasteiger partial charge in [-0.2, -0.15) is 0 Å². The summed E-state index contributed by atoms with van der Waals surface area (Å²) in [6.45, 7) is 5.85. The number of ether oxygens (including phenoxy) is 1. The summed E-state index contributed by atoms with van der Waals surface area (Å²) in [5, 5.41) is 22.3. The molecule has 5 heteroatoms. The molecule has 94 valence electrons. The van der Waals surface area contributed by atoms with Crippen molar-refractivity contribution in [2.24, 2.45) is 5.41 Å². The van der Waals surface area contributed by atoms with E-state index in [1.54, 1.807) is 20.8 Å². The van der Waals surface area contributed by atoms with Crippen LogP contribution in [0.25, 0.3) is 0 Å². The minimum Gasteiger partial charge on any atom is -0.457 e. The SMILES string of the molecule is CC(C)(C)C(=O)OC1CNCCC1(O)CO. The molecule has 0 spiro atoms. The summed E-state index contributed by atoms with van der Waals surface area (Å²) in [6.07, 6.45) is -0.302. The standard InChI is InChI=1S/C11H21NO4/c1-10(2,3)9(14)16-8-6-12-5-4-11(8,15)7-13/h8,12-13,15H,4-7H2,1-3H3. The molecule has 1 fully saturated rings. The molecule has 1 aliphatic heterocycles. The van der Waals surface area contributed by atoms with Crippen molar-refractivity contribution in [2.75, 3.05) is 19.7 Å². The average molecular weight is 231 g/mol. The lowest BCUT2D eigenvalue weighted by molar-refractivity contribution is -0.183. The summed E-state index contributed by atoms with van der Waals surface area (Å²) in [5.41, 5.74) is -1.92. The van der Waals surface area contributed by atoms with E-state index in [2.05, 4.69) is 5.32 Å². The van der Waals surface area contributed by atoms with E-state index in [4.69, 9.17) is 9.84 Å². The number of nitrogens with one attached hydrogen (secondary N) is 1. The highest BCUT2D eigenvalue weighted by molar-refractivity contribution is 5.75. The number of rotatable bonds is 2. The molecule has 0 radical (unpaired) electrons. The number of aliphatic hydroxyl groups is 2. The van der Waals surface area contributed by atoms with E-state index < -0.39 is 23.7 Å². The minimum absolute atomic E-state index is 0.368. The lowest BCUT2D eigenvalue weighted by atomic mass is 9.89. The van der Waals surface area contributed by atoms with Crippen molar-refractivity contribution in [2.45, 2.75) is 38.9 Å². The zero-order valence-corrected chi connectivity index (χ0v) is 10.1. The van der Waals surface area contributed by atoms with Gasteiger partial charge in [0, 0.05) is 6.54 Å². The van der Waals surface area contributed by atoms with Crippen LogP contribution in [0.5, 0.6) is 0 Å². The van der Waals surface area contributed by atoms with Crippen LogP contribution in [0.2, 0.25) is 0 Å². The number of esters is 1. The Bertz CT molecular complexity index is 261. The van der Waals surface area contributed by atoms with Crippen molar-refractivity contribution < 1.29 is 19.7 Å². The first-order chi connectivity index (χ1) is 7.29. The number of hydrogen-bond donors (Lipinski definition) is 3. The van der Waals surface area contributed by atoms with Gasteiger partial charge in [-0.1, -0.05) is 0 Å². The summed E-state index contributed by atoms with van der Waals surface area (Å²) in [7, 11) is 0. The van der Waals surface area contributed by atoms with E-state index in [0.29, 0.717) is 19.5 Å². The van der Waals surface area contributed by atoms with Crippen LogP contribution in [0, 0.1) is 5.41 Å². The monoisotopic (exact) mass is 231 g/mol. The number of carbonyl (C=O) groups is 1. The Morgan fingerprint density at radius 1 is 1.56 bits per heavy atom. The highest BCUT2D eigenvalue weighted by atomic mass is 16.6. The highest BCUT2D eigenvalue weighted by Gasteiger charge is 2.42. The van der Waals surface area contributed by atoms with E-state index in [1.807, 2.05) is 0 Å². The van der Waals surface area contributed by atoms with Crippen LogP contribution in [0.1, 0.15) is 27.2 Å². The van der Waals surface area contributed by atoms with Crippen LogP contribution in [0.15, 0.2) is 0 Å². The molecule has 0 aromatic carbocycles. The Kier molecular flexibility index (Phi) is 3.93. The van der Waals surface area contributed by atoms with Gasteiger partial charge < -0.3 is 20.3 Å². The fraction of sp³-hybridized carbons (Fsp3) is 0.909. The number of hydrogen-bond acceptors (Lipinski definition) is 5. The molecule has 5 nitrogen and oxygen atoms in total. The fourth-order valence-electron chi connectivity index (χ4n) is 1.53. The second kappa shape index (κ2) is 4.69. The Morgan fingerprint density at radius 3 is 2.69 bits per heavy atom. The molecule has 16 heavy (non-hydrogen) atoms. The summed E-state index contributed by atoms with van der Waals surface area (Å²) >= 11 is 0. The molecular formula is C11H21NO4. The van der Waals surface area contributed by atoms with E-state index >= 15 is 0 Å². The summed E-state index contributed by atoms with van der Waals surface area (Å²) in [5.74, 6) is -0.368. The van der Waals surface area contributed by atoms with E-state index in [-0.39, 0.29) is 5.97 Å². The molecule has 2 atom stereocenters. The van der Waals surface area contributed by atoms with Gasteiger partial charge in [0.25, 0.3) is 0 Å². The molecule has 0 saturated carbocycles. The Balaban J connectivity index is 2.67. The van der Waals surface area contributed by atoms with Crippen LogP contribution >= 0.6 is 0 Å². The largest absolute Gasteiger partial charge is 0.457 e. The molecule has 3 N–H and O–H groups in total. The Hall–Kier alpha value is -0.650. The molecular weight excluding hydrogens is 210 g/mol. The van der Waals surface area contributed by atoms with Crippen LogP contribution in [-0.4, -0.2) is 47.6 Å². The van der Waals surface area contributed by atoms with Gasteiger partial charge in [0.1, 0.15) is 11.7 Å². The predicted octanol–water partition coefficient (Wildman–Crippen LogP) is -0.339. The maximum atomic E-state index is 11.7. The lowest BCUT2D eigenvalue weighted by Gasteiger charge is -2.39. The predicted molar refractivity (Wildman–Crippen MR) is 58.9 cm³/mol. The van der Waals surface area contributed by atoms with Crippen LogP contribution in [-0.2, 0) is 9.53 Å². The van der Waals surface area contributed by atoms with Crippen molar-refractivity contribution in [3.05, 3.63) is 0 Å². The first-order valence-electron chi connectivity index (χ1n) is 5.54. The first kappa shape index (κ1) is 13.4. The van der Waals surface area contributed by atoms with Gasteiger partial charge in [-0.05, 0) is 33.7 Å². The van der Waals surface area contributed by atoms with Gasteiger partial charge in [-0.15, -0.1) is 0 Å². The minimum atomic E-state index is -1.31. The molecule has 0 bridgehead atoms. The highest BCUT2D eigenvalue weighted by Crippen LogP contribution is 2.24. The molecule has 1 heterocycles. The normalized spacial score (nSPS) is 31.2. The topological polar surface area (TPSA) is 78.8 Å². The average Bonchev–Trinajstić information content (AvgIpc) is 2.20. The van der Waals surface area contributed by atoms with E-state index in [0.717, 1.165) is 0 Å². The number of aliphatic hydroxyl groups excluding tert-OH is 1. The summed E-state index contributed by atoms with van der Waals surface area (Å²) in [4.78, 5) is 11.7. The summed E-state index contributed by atoms with van der Waals surface area (Å²) < 4.78 is 5.25. The molecule has 0 aromatic heterocycles. The molecule has 1 rings (SSSR count). The molecule has 0 aromatic rings. The number of carbonyl (C=O) groups excluding carboxylic acids is 1. The smallest absolute Gasteiger partial charge is 0.311 e. The van der Waals surface area contributed by atoms with Crippen molar-refractivity contribution >= 4 is 5.97 Å². The van der Waals surface area contributed by atoms with Crippen molar-refractivity contribution in [3.8, 4) is 0 Å². The van der Waals surface area contributed by atoms with Gasteiger partial charge in [-0.25, -0.2) is 0 Å². The maximum absolute atomic E-state index is 11.7. The van der Waals surface area contributed by atoms with Gasteiger partial charge in [-0.3, -0.25) is 4.79 Å². The third kappa shape index (κ3) is 2.93. The zero-order chi connectivity index (χ0) is 12.4. The third-order valence-electron chi connectivity index (χ3n) is 2.80. The second-order valence-corrected chi connectivity index (χ2v) is 5.36. The van der Waals surface area contributed by atoms with Crippen molar-refractivity contribution in [3.63, 3.8) is 0 Å². The van der Waals surface area contributed by atoms with Gasteiger partial charge in [0.05, 0.1) is 12.0 Å². The van der Waals surface area contributed by atoms with E-state index in [9.17, 15) is 9.90 Å². The molecule has 1 aliphatic rings. The molecule has 0 aliphatic carbocycles. The first-order valence-corrected chi connectivity index (χ1v) is 5.54. The van der Waals surface area contributed by atoms with Crippen LogP contribution in [0.4, 0.5) is 0 Å². The quantitative estimate of drug-likeness (QED) is 0.567. The van der Waals surface area contributed by atoms with Gasteiger partial charge in [0.15, 0.2) is 0 Å². The molecule has 2 unspecified atom stereocenters. The molecule has 0 amide bonds. The Morgan fingerprint density at radius 2 is 2.19 bits per heavy atom. The second-order valence-electron chi connectivity index (χ2n) is 5.36. The van der Waals surface area contributed by atoms with E-state index in [1.165, 1.54) is 0 Å². The van der Waals surface area contributed by atoms with Gasteiger partial charge >= 0.3 is 5.97 Å². The van der Waals surface area contributed by atoms with Crippen molar-refractivity contribution in [1.82, 2.24) is 5.32 Å². The summed E-state index contributed by atoms with van der Waals surface area (Å²) in [6, 6.07) is 0. The number of piperidine rings is 1. The van der Waals surface area contributed by atoms with Gasteiger partial charge in [0.2, 0.25) is 0 Å². The molecule has 1 saturated heterocycles. The maximum Gasteiger partial charge on any atom is 0.311 e.